The van der Waals surface area contributed by atoms with E-state index < -0.39 is 16.2 Å². The minimum Gasteiger partial charge on any atom is -0.355 e. The van der Waals surface area contributed by atoms with E-state index in [0.29, 0.717) is 12.1 Å². The number of hydrogen-bond acceptors (Lipinski definition) is 8. The molecule has 0 atom stereocenters. The molecule has 0 saturated carbocycles. The minimum atomic E-state index is -0.583. The summed E-state index contributed by atoms with van der Waals surface area (Å²) in [4.78, 5) is 56.6. The maximum Gasteiger partial charge on any atom is 0.332 e. The molecular weight excluding hydrogens is 424 g/mol. The second-order valence-electron chi connectivity index (χ2n) is 6.70. The molecule has 0 spiro atoms. The van der Waals surface area contributed by atoms with Crippen molar-refractivity contribution in [2.75, 3.05) is 12.3 Å². The quantitative estimate of drug-likeness (QED) is 0.248. The third-order valence-corrected chi connectivity index (χ3v) is 5.47. The van der Waals surface area contributed by atoms with Gasteiger partial charge in [0, 0.05) is 38.3 Å². The first kappa shape index (κ1) is 22.2. The number of benzene rings is 1. The Morgan fingerprint density at radius 2 is 1.97 bits per heavy atom. The Balaban J connectivity index is 2.20. The van der Waals surface area contributed by atoms with Crippen molar-refractivity contribution in [2.24, 2.45) is 14.1 Å². The predicted molar refractivity (Wildman–Crippen MR) is 116 cm³/mol. The van der Waals surface area contributed by atoms with Crippen LogP contribution >= 0.6 is 11.8 Å². The van der Waals surface area contributed by atoms with Gasteiger partial charge in [-0.05, 0) is 6.42 Å². The Labute approximate surface area is 180 Å². The summed E-state index contributed by atoms with van der Waals surface area (Å²) in [6, 6.07) is 5.73. The fraction of sp³-hybridized carbons (Fsp3) is 0.316. The number of nitro benzene ring substituents is 1. The number of rotatable bonds is 7. The molecule has 0 aliphatic heterocycles. The van der Waals surface area contributed by atoms with Crippen LogP contribution in [0, 0.1) is 10.1 Å². The van der Waals surface area contributed by atoms with Crippen LogP contribution in [0.15, 0.2) is 38.9 Å². The Morgan fingerprint density at radius 1 is 1.23 bits per heavy atom. The van der Waals surface area contributed by atoms with Crippen molar-refractivity contribution in [1.29, 1.82) is 0 Å². The zero-order valence-electron chi connectivity index (χ0n) is 17.1. The number of thioether (sulfide) groups is 1. The van der Waals surface area contributed by atoms with Crippen LogP contribution in [0.5, 0.6) is 0 Å². The van der Waals surface area contributed by atoms with E-state index in [1.807, 2.05) is 6.92 Å². The van der Waals surface area contributed by atoms with Crippen molar-refractivity contribution >= 4 is 34.4 Å². The lowest BCUT2D eigenvalue weighted by Crippen LogP contribution is -2.37. The van der Waals surface area contributed by atoms with Crippen LogP contribution in [0.4, 0.5) is 5.69 Å². The molecule has 0 radical (unpaired) electrons. The summed E-state index contributed by atoms with van der Waals surface area (Å²) in [5, 5.41) is 14.2. The number of carbonyl (C=O) groups is 1. The van der Waals surface area contributed by atoms with Gasteiger partial charge >= 0.3 is 5.69 Å². The number of aromatic nitrogens is 4. The molecule has 0 unspecified atom stereocenters. The first-order valence-electron chi connectivity index (χ1n) is 9.36. The number of non-ortho nitro benzene ring substituents is 1. The standard InChI is InChI=1S/C19H20N6O5S/c1-4-8-20-13(26)10-31-17-14-16(23(2)19(28)24(3)18(14)27)21-15(22-17)11-6-5-7-12(9-11)25(29)30/h5-7,9H,4,8,10H2,1-3H3,(H,20,26). The lowest BCUT2D eigenvalue weighted by molar-refractivity contribution is -0.384. The van der Waals surface area contributed by atoms with E-state index >= 15 is 0 Å². The second kappa shape index (κ2) is 9.08. The summed E-state index contributed by atoms with van der Waals surface area (Å²) in [6.07, 6.45) is 0.784. The van der Waals surface area contributed by atoms with Crippen LogP contribution in [0.2, 0.25) is 0 Å². The number of aryl methyl sites for hydroxylation is 1. The van der Waals surface area contributed by atoms with Gasteiger partial charge < -0.3 is 5.32 Å². The van der Waals surface area contributed by atoms with E-state index in [2.05, 4.69) is 15.3 Å². The molecule has 3 rings (SSSR count). The number of amides is 1. The van der Waals surface area contributed by atoms with Gasteiger partial charge in [-0.3, -0.25) is 28.8 Å². The van der Waals surface area contributed by atoms with Gasteiger partial charge in [0.05, 0.1) is 10.7 Å². The number of fused-ring (bicyclic) bond motifs is 1. The van der Waals surface area contributed by atoms with Crippen LogP contribution < -0.4 is 16.6 Å². The molecule has 1 N–H and O–H groups in total. The highest BCUT2D eigenvalue weighted by molar-refractivity contribution is 8.00. The first-order valence-corrected chi connectivity index (χ1v) is 10.3. The molecule has 162 valence electrons. The van der Waals surface area contributed by atoms with E-state index in [9.17, 15) is 24.5 Å². The van der Waals surface area contributed by atoms with Gasteiger partial charge in [0.2, 0.25) is 5.91 Å². The smallest absolute Gasteiger partial charge is 0.332 e. The number of nitrogens with zero attached hydrogens (tertiary/aromatic N) is 5. The molecule has 0 saturated heterocycles. The van der Waals surface area contributed by atoms with Gasteiger partial charge in [-0.25, -0.2) is 14.8 Å². The van der Waals surface area contributed by atoms with E-state index in [1.54, 1.807) is 6.07 Å². The third-order valence-electron chi connectivity index (χ3n) is 4.49. The zero-order valence-corrected chi connectivity index (χ0v) is 17.9. The van der Waals surface area contributed by atoms with Crippen LogP contribution in [-0.2, 0) is 18.9 Å². The van der Waals surface area contributed by atoms with Crippen LogP contribution in [0.1, 0.15) is 13.3 Å². The number of nitrogens with one attached hydrogen (secondary N) is 1. The van der Waals surface area contributed by atoms with E-state index in [0.717, 1.165) is 22.7 Å². The molecule has 2 heterocycles. The molecular formula is C19H20N6O5S. The molecule has 31 heavy (non-hydrogen) atoms. The molecule has 0 bridgehead atoms. The Hall–Kier alpha value is -3.54. The van der Waals surface area contributed by atoms with Crippen LogP contribution in [-0.4, -0.2) is 42.2 Å². The maximum atomic E-state index is 12.8. The molecule has 12 heteroatoms. The lowest BCUT2D eigenvalue weighted by atomic mass is 10.2. The lowest BCUT2D eigenvalue weighted by Gasteiger charge is -2.12. The largest absolute Gasteiger partial charge is 0.355 e. The van der Waals surface area contributed by atoms with E-state index in [-0.39, 0.29) is 39.2 Å². The van der Waals surface area contributed by atoms with Crippen LogP contribution in [0.3, 0.4) is 0 Å². The highest BCUT2D eigenvalue weighted by atomic mass is 32.2. The Kier molecular flexibility index (Phi) is 6.49. The number of hydrogen-bond donors (Lipinski definition) is 1. The summed E-state index contributed by atoms with van der Waals surface area (Å²) >= 11 is 1.04. The van der Waals surface area contributed by atoms with Gasteiger partial charge in [-0.2, -0.15) is 0 Å². The summed E-state index contributed by atoms with van der Waals surface area (Å²) in [7, 11) is 2.82. The molecule has 0 fully saturated rings. The normalized spacial score (nSPS) is 10.9. The number of carbonyl (C=O) groups excluding carboxylic acids is 1. The molecule has 1 amide bonds. The van der Waals surface area contributed by atoms with Crippen molar-refractivity contribution in [3.05, 3.63) is 55.2 Å². The fourth-order valence-corrected chi connectivity index (χ4v) is 3.71. The van der Waals surface area contributed by atoms with Crippen molar-refractivity contribution in [3.63, 3.8) is 0 Å². The molecule has 1 aromatic carbocycles. The molecule has 0 aliphatic rings. The molecule has 2 aromatic heterocycles. The molecule has 3 aromatic rings. The highest BCUT2D eigenvalue weighted by Crippen LogP contribution is 2.27. The van der Waals surface area contributed by atoms with Crippen molar-refractivity contribution in [1.82, 2.24) is 24.4 Å². The Morgan fingerprint density at radius 3 is 2.65 bits per heavy atom. The maximum absolute atomic E-state index is 12.8. The monoisotopic (exact) mass is 444 g/mol. The second-order valence-corrected chi connectivity index (χ2v) is 7.67. The van der Waals surface area contributed by atoms with Crippen LogP contribution in [0.25, 0.3) is 22.4 Å². The minimum absolute atomic E-state index is 0.00643. The topological polar surface area (TPSA) is 142 Å². The van der Waals surface area contributed by atoms with Crippen molar-refractivity contribution in [2.45, 2.75) is 18.4 Å². The summed E-state index contributed by atoms with van der Waals surface area (Å²) in [6.45, 7) is 2.46. The first-order chi connectivity index (χ1) is 14.7. The van der Waals surface area contributed by atoms with E-state index in [1.165, 1.54) is 36.9 Å². The number of nitro groups is 1. The molecule has 11 nitrogen and oxygen atoms in total. The van der Waals surface area contributed by atoms with Gasteiger partial charge in [0.25, 0.3) is 11.2 Å². The summed E-state index contributed by atoms with van der Waals surface area (Å²) < 4.78 is 2.15. The van der Waals surface area contributed by atoms with Crippen molar-refractivity contribution < 1.29 is 9.72 Å². The highest BCUT2D eigenvalue weighted by Gasteiger charge is 2.19. The molecule has 0 aliphatic carbocycles. The average Bonchev–Trinajstić information content (AvgIpc) is 2.77. The third kappa shape index (κ3) is 4.48. The Bertz CT molecular complexity index is 1300. The van der Waals surface area contributed by atoms with Gasteiger partial charge in [-0.1, -0.05) is 30.8 Å². The summed E-state index contributed by atoms with van der Waals surface area (Å²) in [5.41, 5.74) is -0.868. The van der Waals surface area contributed by atoms with Gasteiger partial charge in [-0.15, -0.1) is 0 Å². The predicted octanol–water partition coefficient (Wildman–Crippen LogP) is 1.22. The summed E-state index contributed by atoms with van der Waals surface area (Å²) in [5.74, 6) is -0.111. The zero-order chi connectivity index (χ0) is 22.7. The SMILES string of the molecule is CCCNC(=O)CSc1nc(-c2cccc([N+](=O)[O-])c2)nc2c1c(=O)n(C)c(=O)n2C. The van der Waals surface area contributed by atoms with Crippen molar-refractivity contribution in [3.8, 4) is 11.4 Å². The van der Waals surface area contributed by atoms with Gasteiger partial charge in [0.1, 0.15) is 10.4 Å². The fourth-order valence-electron chi connectivity index (χ4n) is 2.87. The van der Waals surface area contributed by atoms with E-state index in [4.69, 9.17) is 0 Å². The average molecular weight is 444 g/mol. The van der Waals surface area contributed by atoms with Gasteiger partial charge in [0.15, 0.2) is 11.5 Å².